The molecule has 24 heavy (non-hydrogen) atoms. The Morgan fingerprint density at radius 2 is 1.83 bits per heavy atom. The molecule has 3 rings (SSSR count). The Hall–Kier alpha value is -2.50. The fourth-order valence-corrected chi connectivity index (χ4v) is 2.80. The minimum absolute atomic E-state index is 0.0447. The average molecular weight is 357 g/mol. The molecule has 1 aliphatic rings. The Kier molecular flexibility index (Phi) is 4.46. The first kappa shape index (κ1) is 16.4. The van der Waals surface area contributed by atoms with Crippen LogP contribution >= 0.6 is 23.8 Å². The molecule has 0 saturated carbocycles. The van der Waals surface area contributed by atoms with Crippen LogP contribution in [0.1, 0.15) is 21.5 Å². The standard InChI is InChI=1S/C18H13ClN2O2S/c1-11-6-8-12(9-7-11)10-15-17(23)21(18(24)20-15)16(22)13-4-2-3-5-14(13)19/h2-10H,1H3,(H,20,24)/b15-10-. The maximum Gasteiger partial charge on any atom is 0.283 e. The third-order valence-corrected chi connectivity index (χ3v) is 4.19. The van der Waals surface area contributed by atoms with Crippen LogP contribution in [-0.2, 0) is 4.79 Å². The van der Waals surface area contributed by atoms with Gasteiger partial charge in [-0.15, -0.1) is 0 Å². The predicted octanol–water partition coefficient (Wildman–Crippen LogP) is 3.55. The summed E-state index contributed by atoms with van der Waals surface area (Å²) >= 11 is 11.2. The molecule has 0 aromatic heterocycles. The molecule has 2 aromatic rings. The first-order valence-corrected chi connectivity index (χ1v) is 7.98. The third kappa shape index (κ3) is 3.09. The Bertz CT molecular complexity index is 875. The van der Waals surface area contributed by atoms with Gasteiger partial charge in [-0.1, -0.05) is 53.6 Å². The lowest BCUT2D eigenvalue weighted by Crippen LogP contribution is -2.36. The summed E-state index contributed by atoms with van der Waals surface area (Å²) in [4.78, 5) is 26.1. The second-order valence-corrected chi connectivity index (χ2v) is 6.12. The first-order valence-electron chi connectivity index (χ1n) is 7.20. The highest BCUT2D eigenvalue weighted by Gasteiger charge is 2.36. The zero-order valence-electron chi connectivity index (χ0n) is 12.7. The molecule has 1 fully saturated rings. The molecule has 0 atom stereocenters. The van der Waals surface area contributed by atoms with Crippen LogP contribution in [0.15, 0.2) is 54.2 Å². The van der Waals surface area contributed by atoms with Gasteiger partial charge in [-0.3, -0.25) is 9.59 Å². The van der Waals surface area contributed by atoms with Crippen LogP contribution in [0, 0.1) is 6.92 Å². The van der Waals surface area contributed by atoms with Gasteiger partial charge in [0.1, 0.15) is 5.70 Å². The minimum Gasteiger partial charge on any atom is -0.327 e. The normalized spacial score (nSPS) is 15.8. The van der Waals surface area contributed by atoms with E-state index in [4.69, 9.17) is 23.8 Å². The fourth-order valence-electron chi connectivity index (χ4n) is 2.30. The van der Waals surface area contributed by atoms with Gasteiger partial charge in [-0.25, -0.2) is 4.90 Å². The second-order valence-electron chi connectivity index (χ2n) is 5.32. The monoisotopic (exact) mass is 356 g/mol. The number of rotatable bonds is 2. The summed E-state index contributed by atoms with van der Waals surface area (Å²) in [6, 6.07) is 14.2. The predicted molar refractivity (Wildman–Crippen MR) is 97.5 cm³/mol. The summed E-state index contributed by atoms with van der Waals surface area (Å²) in [5.41, 5.74) is 2.44. The molecule has 2 aromatic carbocycles. The number of benzene rings is 2. The summed E-state index contributed by atoms with van der Waals surface area (Å²) in [5.74, 6) is -1.04. The maximum absolute atomic E-state index is 12.6. The number of carbonyl (C=O) groups excluding carboxylic acids is 2. The van der Waals surface area contributed by atoms with Gasteiger partial charge >= 0.3 is 0 Å². The van der Waals surface area contributed by atoms with Crippen LogP contribution in [0.2, 0.25) is 5.02 Å². The Balaban J connectivity index is 1.91. The fraction of sp³-hybridized carbons (Fsp3) is 0.0556. The number of hydrogen-bond donors (Lipinski definition) is 1. The van der Waals surface area contributed by atoms with Crippen LogP contribution in [-0.4, -0.2) is 21.8 Å². The van der Waals surface area contributed by atoms with E-state index in [-0.39, 0.29) is 21.4 Å². The Morgan fingerprint density at radius 1 is 1.17 bits per heavy atom. The van der Waals surface area contributed by atoms with Crippen molar-refractivity contribution in [3.05, 3.63) is 75.9 Å². The van der Waals surface area contributed by atoms with Crippen molar-refractivity contribution in [3.63, 3.8) is 0 Å². The first-order chi connectivity index (χ1) is 11.5. The molecule has 0 radical (unpaired) electrons. The molecule has 0 spiro atoms. The van der Waals surface area contributed by atoms with Gasteiger partial charge in [0.2, 0.25) is 0 Å². The molecular weight excluding hydrogens is 344 g/mol. The van der Waals surface area contributed by atoms with Crippen LogP contribution in [0.5, 0.6) is 0 Å². The van der Waals surface area contributed by atoms with Crippen LogP contribution in [0.3, 0.4) is 0 Å². The summed E-state index contributed by atoms with van der Waals surface area (Å²) in [6.45, 7) is 1.98. The van der Waals surface area contributed by atoms with Crippen LogP contribution in [0.4, 0.5) is 0 Å². The highest BCUT2D eigenvalue weighted by Crippen LogP contribution is 2.21. The lowest BCUT2D eigenvalue weighted by atomic mass is 10.1. The molecule has 6 heteroatoms. The van der Waals surface area contributed by atoms with E-state index in [2.05, 4.69) is 5.32 Å². The number of aryl methyl sites for hydroxylation is 1. The highest BCUT2D eigenvalue weighted by molar-refractivity contribution is 7.80. The van der Waals surface area contributed by atoms with E-state index >= 15 is 0 Å². The topological polar surface area (TPSA) is 49.4 Å². The van der Waals surface area contributed by atoms with Crippen molar-refractivity contribution in [1.82, 2.24) is 10.2 Å². The number of nitrogens with zero attached hydrogens (tertiary/aromatic N) is 1. The molecular formula is C18H13ClN2O2S. The molecule has 1 N–H and O–H groups in total. The maximum atomic E-state index is 12.6. The van der Waals surface area contributed by atoms with Crippen LogP contribution < -0.4 is 5.32 Å². The van der Waals surface area contributed by atoms with E-state index in [1.165, 1.54) is 0 Å². The number of amides is 2. The van der Waals surface area contributed by atoms with Crippen molar-refractivity contribution in [3.8, 4) is 0 Å². The van der Waals surface area contributed by atoms with Gasteiger partial charge in [0, 0.05) is 0 Å². The minimum atomic E-state index is -0.546. The number of thiocarbonyl (C=S) groups is 1. The third-order valence-electron chi connectivity index (χ3n) is 3.57. The van der Waals surface area contributed by atoms with Crippen molar-refractivity contribution in [2.45, 2.75) is 6.92 Å². The quantitative estimate of drug-likeness (QED) is 0.508. The molecule has 0 unspecified atom stereocenters. The Morgan fingerprint density at radius 3 is 2.50 bits per heavy atom. The number of halogens is 1. The summed E-state index contributed by atoms with van der Waals surface area (Å²) in [5, 5.41) is 3.11. The van der Waals surface area contributed by atoms with Crippen molar-refractivity contribution in [2.24, 2.45) is 0 Å². The van der Waals surface area contributed by atoms with E-state index in [0.717, 1.165) is 16.0 Å². The van der Waals surface area contributed by atoms with E-state index in [0.29, 0.717) is 0 Å². The molecule has 1 aliphatic heterocycles. The number of nitrogens with one attached hydrogen (secondary N) is 1. The highest BCUT2D eigenvalue weighted by atomic mass is 35.5. The largest absolute Gasteiger partial charge is 0.327 e. The summed E-state index contributed by atoms with van der Waals surface area (Å²) in [7, 11) is 0. The number of imide groups is 1. The number of carbonyl (C=O) groups is 2. The molecule has 0 aliphatic carbocycles. The van der Waals surface area contributed by atoms with E-state index < -0.39 is 11.8 Å². The molecule has 120 valence electrons. The SMILES string of the molecule is Cc1ccc(/C=C2\NC(=S)N(C(=O)c3ccccc3Cl)C2=O)cc1. The Labute approximate surface area is 149 Å². The zero-order chi connectivity index (χ0) is 17.3. The lowest BCUT2D eigenvalue weighted by Gasteiger charge is -2.12. The average Bonchev–Trinajstić information content (AvgIpc) is 2.83. The van der Waals surface area contributed by atoms with Gasteiger partial charge in [0.15, 0.2) is 5.11 Å². The zero-order valence-corrected chi connectivity index (χ0v) is 14.3. The molecule has 1 heterocycles. The van der Waals surface area contributed by atoms with Gasteiger partial charge in [0.05, 0.1) is 10.6 Å². The van der Waals surface area contributed by atoms with E-state index in [9.17, 15) is 9.59 Å². The smallest absolute Gasteiger partial charge is 0.283 e. The molecule has 2 amide bonds. The summed E-state index contributed by atoms with van der Waals surface area (Å²) in [6.07, 6.45) is 1.66. The summed E-state index contributed by atoms with van der Waals surface area (Å²) < 4.78 is 0. The lowest BCUT2D eigenvalue weighted by molar-refractivity contribution is -0.120. The van der Waals surface area contributed by atoms with Gasteiger partial charge < -0.3 is 5.32 Å². The van der Waals surface area contributed by atoms with Crippen molar-refractivity contribution in [2.75, 3.05) is 0 Å². The molecule has 4 nitrogen and oxygen atoms in total. The van der Waals surface area contributed by atoms with Crippen LogP contribution in [0.25, 0.3) is 6.08 Å². The van der Waals surface area contributed by atoms with E-state index in [1.54, 1.807) is 30.3 Å². The second kappa shape index (κ2) is 6.55. The van der Waals surface area contributed by atoms with Gasteiger partial charge in [-0.2, -0.15) is 0 Å². The van der Waals surface area contributed by atoms with Crippen molar-refractivity contribution >= 4 is 46.8 Å². The van der Waals surface area contributed by atoms with E-state index in [1.807, 2.05) is 31.2 Å². The number of hydrogen-bond acceptors (Lipinski definition) is 3. The molecule has 1 saturated heterocycles. The molecule has 0 bridgehead atoms. The van der Waals surface area contributed by atoms with Crippen molar-refractivity contribution < 1.29 is 9.59 Å². The van der Waals surface area contributed by atoms with Gasteiger partial charge in [0.25, 0.3) is 11.8 Å². The van der Waals surface area contributed by atoms with Gasteiger partial charge in [-0.05, 0) is 42.9 Å². The van der Waals surface area contributed by atoms with Crippen molar-refractivity contribution in [1.29, 1.82) is 0 Å².